The number of aromatic nitrogens is 1. The number of alkyl halides is 3. The zero-order valence-corrected chi connectivity index (χ0v) is 8.46. The summed E-state index contributed by atoms with van der Waals surface area (Å²) in [5.41, 5.74) is 2.14. The molecule has 1 unspecified atom stereocenters. The monoisotopic (exact) mass is 231 g/mol. The zero-order chi connectivity index (χ0) is 12.2. The van der Waals surface area contributed by atoms with Crippen LogP contribution in [0.15, 0.2) is 31.0 Å². The van der Waals surface area contributed by atoms with Crippen LogP contribution in [0, 0.1) is 0 Å². The molecule has 0 bridgehead atoms. The molecular formula is C10H12F3N3. The van der Waals surface area contributed by atoms with Crippen molar-refractivity contribution in [3.63, 3.8) is 0 Å². The van der Waals surface area contributed by atoms with Gasteiger partial charge in [-0.25, -0.2) is 0 Å². The molecule has 0 aromatic carbocycles. The van der Waals surface area contributed by atoms with Crippen molar-refractivity contribution in [3.05, 3.63) is 42.2 Å². The SMILES string of the molecule is C=CCC(NN)c1ccc(C(F)(F)F)cn1. The van der Waals surface area contributed by atoms with E-state index >= 15 is 0 Å². The van der Waals surface area contributed by atoms with Crippen LogP contribution in [0.25, 0.3) is 0 Å². The number of nitrogens with two attached hydrogens (primary N) is 1. The minimum atomic E-state index is -4.37. The van der Waals surface area contributed by atoms with Gasteiger partial charge in [0.1, 0.15) is 0 Å². The Balaban J connectivity index is 2.89. The van der Waals surface area contributed by atoms with Gasteiger partial charge in [-0.3, -0.25) is 16.3 Å². The average molecular weight is 231 g/mol. The van der Waals surface area contributed by atoms with Gasteiger partial charge in [0.25, 0.3) is 0 Å². The van der Waals surface area contributed by atoms with Gasteiger partial charge < -0.3 is 0 Å². The number of nitrogens with zero attached hydrogens (tertiary/aromatic N) is 1. The van der Waals surface area contributed by atoms with Crippen LogP contribution in [0.5, 0.6) is 0 Å². The minimum absolute atomic E-state index is 0.320. The highest BCUT2D eigenvalue weighted by molar-refractivity contribution is 5.19. The van der Waals surface area contributed by atoms with Crippen molar-refractivity contribution < 1.29 is 13.2 Å². The number of hydrogen-bond donors (Lipinski definition) is 2. The van der Waals surface area contributed by atoms with Gasteiger partial charge in [-0.2, -0.15) is 13.2 Å². The number of pyridine rings is 1. The van der Waals surface area contributed by atoms with E-state index in [1.165, 1.54) is 6.07 Å². The van der Waals surface area contributed by atoms with Crippen LogP contribution in [0.1, 0.15) is 23.7 Å². The first-order chi connectivity index (χ1) is 7.49. The summed E-state index contributed by atoms with van der Waals surface area (Å²) in [6, 6.07) is 1.96. The van der Waals surface area contributed by atoms with Crippen molar-refractivity contribution in [2.75, 3.05) is 0 Å². The third kappa shape index (κ3) is 3.04. The Labute approximate surface area is 91.1 Å². The topological polar surface area (TPSA) is 50.9 Å². The lowest BCUT2D eigenvalue weighted by atomic mass is 10.1. The van der Waals surface area contributed by atoms with Crippen molar-refractivity contribution in [3.8, 4) is 0 Å². The van der Waals surface area contributed by atoms with E-state index in [2.05, 4.69) is 17.0 Å². The van der Waals surface area contributed by atoms with Gasteiger partial charge in [-0.05, 0) is 18.6 Å². The first-order valence-corrected chi connectivity index (χ1v) is 4.59. The predicted molar refractivity (Wildman–Crippen MR) is 54.1 cm³/mol. The van der Waals surface area contributed by atoms with Gasteiger partial charge in [0, 0.05) is 6.20 Å². The van der Waals surface area contributed by atoms with E-state index in [0.717, 1.165) is 12.3 Å². The van der Waals surface area contributed by atoms with Crippen LogP contribution < -0.4 is 11.3 Å². The summed E-state index contributed by atoms with van der Waals surface area (Å²) in [6.45, 7) is 3.53. The second-order valence-corrected chi connectivity index (χ2v) is 3.21. The summed E-state index contributed by atoms with van der Waals surface area (Å²) in [5, 5.41) is 0. The third-order valence-electron chi connectivity index (χ3n) is 2.07. The van der Waals surface area contributed by atoms with Crippen LogP contribution >= 0.6 is 0 Å². The van der Waals surface area contributed by atoms with E-state index in [1.54, 1.807) is 6.08 Å². The van der Waals surface area contributed by atoms with Gasteiger partial charge >= 0.3 is 6.18 Å². The molecule has 88 valence electrons. The first-order valence-electron chi connectivity index (χ1n) is 4.59. The molecule has 0 aliphatic rings. The van der Waals surface area contributed by atoms with Crippen molar-refractivity contribution in [1.29, 1.82) is 0 Å². The molecule has 16 heavy (non-hydrogen) atoms. The molecule has 0 amide bonds. The molecule has 1 heterocycles. The van der Waals surface area contributed by atoms with E-state index in [4.69, 9.17) is 5.84 Å². The normalized spacial score (nSPS) is 13.5. The van der Waals surface area contributed by atoms with Gasteiger partial charge in [-0.1, -0.05) is 6.08 Å². The Bertz CT molecular complexity index is 345. The standard InChI is InChI=1S/C10H12F3N3/c1-2-3-9(16-14)8-5-4-7(6-15-8)10(11,12)13/h2,4-6,9,16H,1,3,14H2. The molecule has 1 aromatic rings. The number of halogens is 3. The summed E-state index contributed by atoms with van der Waals surface area (Å²) >= 11 is 0. The Hall–Kier alpha value is -1.40. The minimum Gasteiger partial charge on any atom is -0.271 e. The molecule has 6 heteroatoms. The number of hydrazine groups is 1. The quantitative estimate of drug-likeness (QED) is 0.474. The Morgan fingerprint density at radius 1 is 1.50 bits per heavy atom. The smallest absolute Gasteiger partial charge is 0.271 e. The molecule has 0 fully saturated rings. The van der Waals surface area contributed by atoms with Crippen LogP contribution in [0.4, 0.5) is 13.2 Å². The fourth-order valence-corrected chi connectivity index (χ4v) is 1.22. The summed E-state index contributed by atoms with van der Waals surface area (Å²) in [5.74, 6) is 5.25. The Morgan fingerprint density at radius 3 is 2.56 bits per heavy atom. The molecule has 0 saturated carbocycles. The number of nitrogens with one attached hydrogen (secondary N) is 1. The molecule has 0 spiro atoms. The third-order valence-corrected chi connectivity index (χ3v) is 2.07. The highest BCUT2D eigenvalue weighted by Crippen LogP contribution is 2.29. The van der Waals surface area contributed by atoms with Crippen LogP contribution in [0.3, 0.4) is 0 Å². The largest absolute Gasteiger partial charge is 0.417 e. The molecule has 0 saturated heterocycles. The Morgan fingerprint density at radius 2 is 2.19 bits per heavy atom. The molecule has 1 atom stereocenters. The number of hydrogen-bond acceptors (Lipinski definition) is 3. The van der Waals surface area contributed by atoms with E-state index in [-0.39, 0.29) is 6.04 Å². The highest BCUT2D eigenvalue weighted by atomic mass is 19.4. The molecule has 0 aliphatic carbocycles. The molecule has 0 aliphatic heterocycles. The van der Waals surface area contributed by atoms with E-state index < -0.39 is 11.7 Å². The van der Waals surface area contributed by atoms with Crippen LogP contribution in [-0.2, 0) is 6.18 Å². The molecular weight excluding hydrogens is 219 g/mol. The lowest BCUT2D eigenvalue weighted by Crippen LogP contribution is -2.28. The summed E-state index contributed by atoms with van der Waals surface area (Å²) in [4.78, 5) is 3.72. The second kappa shape index (κ2) is 5.09. The van der Waals surface area contributed by atoms with Crippen molar-refractivity contribution >= 4 is 0 Å². The van der Waals surface area contributed by atoms with Gasteiger partial charge in [0.15, 0.2) is 0 Å². The molecule has 1 aromatic heterocycles. The maximum atomic E-state index is 12.3. The van der Waals surface area contributed by atoms with Crippen molar-refractivity contribution in [2.45, 2.75) is 18.6 Å². The lowest BCUT2D eigenvalue weighted by molar-refractivity contribution is -0.137. The highest BCUT2D eigenvalue weighted by Gasteiger charge is 2.30. The molecule has 3 N–H and O–H groups in total. The zero-order valence-electron chi connectivity index (χ0n) is 8.46. The van der Waals surface area contributed by atoms with Crippen molar-refractivity contribution in [2.24, 2.45) is 5.84 Å². The van der Waals surface area contributed by atoms with Crippen LogP contribution in [-0.4, -0.2) is 4.98 Å². The second-order valence-electron chi connectivity index (χ2n) is 3.21. The molecule has 1 rings (SSSR count). The van der Waals surface area contributed by atoms with Crippen molar-refractivity contribution in [1.82, 2.24) is 10.4 Å². The van der Waals surface area contributed by atoms with Gasteiger partial charge in [-0.15, -0.1) is 6.58 Å². The molecule has 3 nitrogen and oxygen atoms in total. The number of rotatable bonds is 4. The Kier molecular flexibility index (Phi) is 4.03. The maximum Gasteiger partial charge on any atom is 0.417 e. The summed E-state index contributed by atoms with van der Waals surface area (Å²) in [6.07, 6.45) is -1.46. The van der Waals surface area contributed by atoms with Gasteiger partial charge in [0.2, 0.25) is 0 Å². The lowest BCUT2D eigenvalue weighted by Gasteiger charge is -2.14. The fraction of sp³-hybridized carbons (Fsp3) is 0.300. The predicted octanol–water partition coefficient (Wildman–Crippen LogP) is 2.18. The average Bonchev–Trinajstić information content (AvgIpc) is 2.25. The van der Waals surface area contributed by atoms with E-state index in [1.807, 2.05) is 0 Å². The maximum absolute atomic E-state index is 12.3. The first kappa shape index (κ1) is 12.7. The fourth-order valence-electron chi connectivity index (χ4n) is 1.22. The van der Waals surface area contributed by atoms with E-state index in [9.17, 15) is 13.2 Å². The van der Waals surface area contributed by atoms with Crippen LogP contribution in [0.2, 0.25) is 0 Å². The summed E-state index contributed by atoms with van der Waals surface area (Å²) in [7, 11) is 0. The summed E-state index contributed by atoms with van der Waals surface area (Å²) < 4.78 is 36.8. The molecule has 0 radical (unpaired) electrons. The van der Waals surface area contributed by atoms with Gasteiger partial charge in [0.05, 0.1) is 17.3 Å². The van der Waals surface area contributed by atoms with E-state index in [0.29, 0.717) is 12.1 Å².